The van der Waals surface area contributed by atoms with E-state index in [9.17, 15) is 0 Å². The fraction of sp³-hybridized carbons (Fsp3) is 0.200. The Labute approximate surface area is 97.7 Å². The molecule has 0 fully saturated rings. The molecule has 0 radical (unpaired) electrons. The maximum absolute atomic E-state index is 6.05. The SMILES string of the molecule is CCc1nccn1-c1ncc(Cl)cc1Cl. The molecule has 0 saturated heterocycles. The van der Waals surface area contributed by atoms with Gasteiger partial charge in [-0.15, -0.1) is 0 Å². The second kappa shape index (κ2) is 4.21. The fourth-order valence-corrected chi connectivity index (χ4v) is 1.84. The van der Waals surface area contributed by atoms with E-state index in [2.05, 4.69) is 9.97 Å². The van der Waals surface area contributed by atoms with E-state index in [1.165, 1.54) is 0 Å². The third-order valence-corrected chi connectivity index (χ3v) is 2.54. The lowest BCUT2D eigenvalue weighted by Crippen LogP contribution is -2.02. The number of hydrogen-bond acceptors (Lipinski definition) is 2. The minimum absolute atomic E-state index is 0.523. The minimum Gasteiger partial charge on any atom is -0.287 e. The van der Waals surface area contributed by atoms with Crippen molar-refractivity contribution < 1.29 is 0 Å². The minimum atomic E-state index is 0.523. The number of aryl methyl sites for hydroxylation is 1. The van der Waals surface area contributed by atoms with Crippen LogP contribution in [0.4, 0.5) is 0 Å². The van der Waals surface area contributed by atoms with Gasteiger partial charge in [0.05, 0.1) is 10.0 Å². The summed E-state index contributed by atoms with van der Waals surface area (Å²) in [4.78, 5) is 8.39. The Bertz CT molecular complexity index is 479. The fourth-order valence-electron chi connectivity index (χ4n) is 1.37. The lowest BCUT2D eigenvalue weighted by atomic mass is 10.4. The predicted octanol–water partition coefficient (Wildman–Crippen LogP) is 3.14. The number of pyridine rings is 1. The molecule has 2 aromatic rings. The zero-order chi connectivity index (χ0) is 10.8. The molecule has 0 aromatic carbocycles. The molecule has 5 heteroatoms. The average molecular weight is 242 g/mol. The van der Waals surface area contributed by atoms with E-state index >= 15 is 0 Å². The molecule has 0 aliphatic heterocycles. The van der Waals surface area contributed by atoms with Crippen molar-refractivity contribution in [3.63, 3.8) is 0 Å². The smallest absolute Gasteiger partial charge is 0.156 e. The molecule has 2 aromatic heterocycles. The molecule has 0 aliphatic carbocycles. The van der Waals surface area contributed by atoms with Crippen molar-refractivity contribution in [1.82, 2.24) is 14.5 Å². The highest BCUT2D eigenvalue weighted by Crippen LogP contribution is 2.22. The van der Waals surface area contributed by atoms with Crippen LogP contribution >= 0.6 is 23.2 Å². The van der Waals surface area contributed by atoms with Gasteiger partial charge in [-0.2, -0.15) is 0 Å². The first-order valence-corrected chi connectivity index (χ1v) is 5.31. The lowest BCUT2D eigenvalue weighted by Gasteiger charge is -2.07. The average Bonchev–Trinajstić information content (AvgIpc) is 2.65. The van der Waals surface area contributed by atoms with Crippen LogP contribution in [-0.4, -0.2) is 14.5 Å². The zero-order valence-corrected chi connectivity index (χ0v) is 9.63. The predicted molar refractivity (Wildman–Crippen MR) is 60.8 cm³/mol. The lowest BCUT2D eigenvalue weighted by molar-refractivity contribution is 0.868. The van der Waals surface area contributed by atoms with Crippen LogP contribution in [0.5, 0.6) is 0 Å². The molecule has 3 nitrogen and oxygen atoms in total. The van der Waals surface area contributed by atoms with E-state index in [0.29, 0.717) is 15.9 Å². The third kappa shape index (κ3) is 1.98. The number of imidazole rings is 1. The molecular formula is C10H9Cl2N3. The Morgan fingerprint density at radius 3 is 2.80 bits per heavy atom. The summed E-state index contributed by atoms with van der Waals surface area (Å²) in [6.07, 6.45) is 5.96. The van der Waals surface area contributed by atoms with E-state index < -0.39 is 0 Å². The summed E-state index contributed by atoms with van der Waals surface area (Å²) in [5.74, 6) is 1.59. The summed E-state index contributed by atoms with van der Waals surface area (Å²) in [6.45, 7) is 2.03. The van der Waals surface area contributed by atoms with Crippen molar-refractivity contribution in [2.75, 3.05) is 0 Å². The van der Waals surface area contributed by atoms with Gasteiger partial charge in [0.2, 0.25) is 0 Å². The molecular weight excluding hydrogens is 233 g/mol. The van der Waals surface area contributed by atoms with Crippen LogP contribution in [0.15, 0.2) is 24.7 Å². The first kappa shape index (κ1) is 10.5. The Morgan fingerprint density at radius 2 is 2.13 bits per heavy atom. The number of halogens is 2. The van der Waals surface area contributed by atoms with Gasteiger partial charge in [0.25, 0.3) is 0 Å². The Kier molecular flexibility index (Phi) is 2.93. The molecule has 0 bridgehead atoms. The molecule has 0 aliphatic rings. The van der Waals surface area contributed by atoms with Crippen LogP contribution in [0.1, 0.15) is 12.7 Å². The maximum atomic E-state index is 6.05. The van der Waals surface area contributed by atoms with E-state index in [0.717, 1.165) is 12.2 Å². The maximum Gasteiger partial charge on any atom is 0.156 e. The van der Waals surface area contributed by atoms with Crippen molar-refractivity contribution in [3.05, 3.63) is 40.5 Å². The van der Waals surface area contributed by atoms with Crippen LogP contribution < -0.4 is 0 Å². The second-order valence-electron chi connectivity index (χ2n) is 3.03. The molecule has 78 valence electrons. The van der Waals surface area contributed by atoms with Crippen LogP contribution in [0.2, 0.25) is 10.0 Å². The van der Waals surface area contributed by atoms with E-state index in [1.54, 1.807) is 18.5 Å². The highest BCUT2D eigenvalue weighted by atomic mass is 35.5. The first-order valence-electron chi connectivity index (χ1n) is 4.56. The molecule has 0 saturated carbocycles. The molecule has 0 amide bonds. The number of aromatic nitrogens is 3. The number of hydrogen-bond donors (Lipinski definition) is 0. The van der Waals surface area contributed by atoms with Gasteiger partial charge in [0, 0.05) is 25.0 Å². The summed E-state index contributed by atoms with van der Waals surface area (Å²) in [5, 5.41) is 1.05. The van der Waals surface area contributed by atoms with Crippen LogP contribution in [0.3, 0.4) is 0 Å². The van der Waals surface area contributed by atoms with Gasteiger partial charge in [0.15, 0.2) is 5.82 Å². The van der Waals surface area contributed by atoms with Gasteiger partial charge >= 0.3 is 0 Å². The number of nitrogens with zero attached hydrogens (tertiary/aromatic N) is 3. The van der Waals surface area contributed by atoms with E-state index in [1.807, 2.05) is 17.7 Å². The van der Waals surface area contributed by atoms with Gasteiger partial charge in [-0.25, -0.2) is 9.97 Å². The highest BCUT2D eigenvalue weighted by Gasteiger charge is 2.08. The molecule has 0 spiro atoms. The normalized spacial score (nSPS) is 10.6. The Balaban J connectivity index is 2.54. The molecule has 0 atom stereocenters. The topological polar surface area (TPSA) is 30.7 Å². The molecule has 0 N–H and O–H groups in total. The molecule has 2 rings (SSSR count). The van der Waals surface area contributed by atoms with Crippen molar-refractivity contribution >= 4 is 23.2 Å². The van der Waals surface area contributed by atoms with Crippen molar-refractivity contribution in [2.24, 2.45) is 0 Å². The van der Waals surface area contributed by atoms with Crippen molar-refractivity contribution in [3.8, 4) is 5.82 Å². The highest BCUT2D eigenvalue weighted by molar-refractivity contribution is 6.35. The molecule has 0 unspecified atom stereocenters. The van der Waals surface area contributed by atoms with Crippen LogP contribution in [-0.2, 0) is 6.42 Å². The standard InChI is InChI=1S/C10H9Cl2N3/c1-2-9-13-3-4-15(9)10-8(12)5-7(11)6-14-10/h3-6H,2H2,1H3. The summed E-state index contributed by atoms with van der Waals surface area (Å²) < 4.78 is 1.86. The van der Waals surface area contributed by atoms with E-state index in [4.69, 9.17) is 23.2 Å². The zero-order valence-electron chi connectivity index (χ0n) is 8.11. The third-order valence-electron chi connectivity index (χ3n) is 2.05. The van der Waals surface area contributed by atoms with E-state index in [-0.39, 0.29) is 0 Å². The second-order valence-corrected chi connectivity index (χ2v) is 3.87. The summed E-state index contributed by atoms with van der Waals surface area (Å²) in [7, 11) is 0. The van der Waals surface area contributed by atoms with Gasteiger partial charge in [0.1, 0.15) is 5.82 Å². The van der Waals surface area contributed by atoms with Crippen LogP contribution in [0, 0.1) is 0 Å². The van der Waals surface area contributed by atoms with Crippen molar-refractivity contribution in [1.29, 1.82) is 0 Å². The molecule has 2 heterocycles. The number of rotatable bonds is 2. The molecule has 15 heavy (non-hydrogen) atoms. The monoisotopic (exact) mass is 241 g/mol. The largest absolute Gasteiger partial charge is 0.287 e. The van der Waals surface area contributed by atoms with Gasteiger partial charge in [-0.3, -0.25) is 4.57 Å². The quantitative estimate of drug-likeness (QED) is 0.809. The first-order chi connectivity index (χ1) is 7.22. The van der Waals surface area contributed by atoms with Gasteiger partial charge < -0.3 is 0 Å². The Hall–Kier alpha value is -1.06. The van der Waals surface area contributed by atoms with Crippen molar-refractivity contribution in [2.45, 2.75) is 13.3 Å². The van der Waals surface area contributed by atoms with Crippen LogP contribution in [0.25, 0.3) is 5.82 Å². The summed E-state index contributed by atoms with van der Waals surface area (Å²) in [6, 6.07) is 1.67. The Morgan fingerprint density at radius 1 is 1.33 bits per heavy atom. The summed E-state index contributed by atoms with van der Waals surface area (Å²) >= 11 is 11.8. The van der Waals surface area contributed by atoms with Gasteiger partial charge in [-0.05, 0) is 6.07 Å². The summed E-state index contributed by atoms with van der Waals surface area (Å²) in [5.41, 5.74) is 0. The van der Waals surface area contributed by atoms with Gasteiger partial charge in [-0.1, -0.05) is 30.1 Å².